The Morgan fingerprint density at radius 2 is 1.92 bits per heavy atom. The Hall–Kier alpha value is -2.57. The van der Waals surface area contributed by atoms with E-state index in [1.807, 2.05) is 6.92 Å². The van der Waals surface area contributed by atoms with Crippen LogP contribution in [-0.2, 0) is 6.18 Å². The van der Waals surface area contributed by atoms with Gasteiger partial charge in [-0.05, 0) is 56.5 Å². The van der Waals surface area contributed by atoms with Gasteiger partial charge in [-0.25, -0.2) is 0 Å². The third-order valence-electron chi connectivity index (χ3n) is 4.63. The maximum absolute atomic E-state index is 13.1. The topological polar surface area (TPSA) is 45.2 Å². The molecule has 4 nitrogen and oxygen atoms in total. The Morgan fingerprint density at radius 1 is 1.19 bits per heavy atom. The third-order valence-corrected chi connectivity index (χ3v) is 4.63. The molecule has 1 fully saturated rings. The first-order chi connectivity index (χ1) is 12.4. The van der Waals surface area contributed by atoms with Crippen LogP contribution in [0.15, 0.2) is 42.7 Å². The molecule has 2 aromatic rings. The summed E-state index contributed by atoms with van der Waals surface area (Å²) in [6.07, 6.45) is 1.50. The number of rotatable bonds is 3. The summed E-state index contributed by atoms with van der Waals surface area (Å²) in [7, 11) is 0. The summed E-state index contributed by atoms with van der Waals surface area (Å²) in [5, 5.41) is 2.65. The average molecular weight is 363 g/mol. The van der Waals surface area contributed by atoms with Gasteiger partial charge in [-0.3, -0.25) is 9.78 Å². The monoisotopic (exact) mass is 363 g/mol. The highest BCUT2D eigenvalue weighted by atomic mass is 19.4. The zero-order valence-electron chi connectivity index (χ0n) is 14.4. The Bertz CT molecular complexity index is 777. The summed E-state index contributed by atoms with van der Waals surface area (Å²) < 4.78 is 39.4. The second-order valence-electron chi connectivity index (χ2n) is 6.46. The van der Waals surface area contributed by atoms with Crippen LogP contribution < -0.4 is 10.2 Å². The van der Waals surface area contributed by atoms with Gasteiger partial charge in [-0.15, -0.1) is 0 Å². The summed E-state index contributed by atoms with van der Waals surface area (Å²) in [5.41, 5.74) is 0.356. The quantitative estimate of drug-likeness (QED) is 0.857. The van der Waals surface area contributed by atoms with E-state index in [9.17, 15) is 18.0 Å². The highest BCUT2D eigenvalue weighted by Gasteiger charge is 2.32. The van der Waals surface area contributed by atoms with E-state index in [1.54, 1.807) is 0 Å². The van der Waals surface area contributed by atoms with Crippen molar-refractivity contribution in [2.75, 3.05) is 16.8 Å². The number of amides is 1. The van der Waals surface area contributed by atoms with Crippen molar-refractivity contribution in [3.63, 3.8) is 0 Å². The largest absolute Gasteiger partial charge is 0.416 e. The maximum Gasteiger partial charge on any atom is 0.416 e. The van der Waals surface area contributed by atoms with Gasteiger partial charge in [0.15, 0.2) is 0 Å². The van der Waals surface area contributed by atoms with Gasteiger partial charge < -0.3 is 10.2 Å². The summed E-state index contributed by atoms with van der Waals surface area (Å²) >= 11 is 0. The molecule has 0 radical (unpaired) electrons. The van der Waals surface area contributed by atoms with Crippen molar-refractivity contribution in [2.24, 2.45) is 0 Å². The second-order valence-corrected chi connectivity index (χ2v) is 6.46. The average Bonchev–Trinajstić information content (AvgIpc) is 2.62. The zero-order valence-corrected chi connectivity index (χ0v) is 14.4. The van der Waals surface area contributed by atoms with Crippen LogP contribution in [0.3, 0.4) is 0 Å². The normalized spacial score (nSPS) is 17.8. The molecule has 1 atom stereocenters. The van der Waals surface area contributed by atoms with E-state index >= 15 is 0 Å². The predicted molar refractivity (Wildman–Crippen MR) is 94.3 cm³/mol. The van der Waals surface area contributed by atoms with E-state index in [-0.39, 0.29) is 11.7 Å². The number of carbonyl (C=O) groups excluding carboxylic acids is 1. The molecule has 138 valence electrons. The standard InChI is InChI=1S/C19H20F3N3O/c1-13-4-2-3-11-25(13)17-6-5-15(19(20,21)22)12-16(17)24-18(26)14-7-9-23-10-8-14/h5-10,12-13H,2-4,11H2,1H3,(H,24,26). The minimum atomic E-state index is -4.47. The molecule has 1 N–H and O–H groups in total. The lowest BCUT2D eigenvalue weighted by molar-refractivity contribution is -0.137. The fraction of sp³-hybridized carbons (Fsp3) is 0.368. The number of hydrogen-bond acceptors (Lipinski definition) is 3. The molecule has 2 heterocycles. The van der Waals surface area contributed by atoms with Crippen LogP contribution in [-0.4, -0.2) is 23.5 Å². The number of aromatic nitrogens is 1. The van der Waals surface area contributed by atoms with Crippen LogP contribution in [0.1, 0.15) is 42.1 Å². The van der Waals surface area contributed by atoms with Gasteiger partial charge in [-0.1, -0.05) is 0 Å². The fourth-order valence-electron chi connectivity index (χ4n) is 3.22. The molecule has 1 aromatic heterocycles. The van der Waals surface area contributed by atoms with Gasteiger partial charge in [0.25, 0.3) is 5.91 Å². The minimum absolute atomic E-state index is 0.176. The number of carbonyl (C=O) groups is 1. The van der Waals surface area contributed by atoms with Crippen LogP contribution in [0.2, 0.25) is 0 Å². The van der Waals surface area contributed by atoms with E-state index in [0.717, 1.165) is 37.9 Å². The highest BCUT2D eigenvalue weighted by Crippen LogP contribution is 2.37. The summed E-state index contributed by atoms with van der Waals surface area (Å²) in [6, 6.07) is 6.77. The molecule has 0 bridgehead atoms. The molecule has 1 aliphatic heterocycles. The molecule has 7 heteroatoms. The van der Waals surface area contributed by atoms with Gasteiger partial charge >= 0.3 is 6.18 Å². The Morgan fingerprint density at radius 3 is 2.58 bits per heavy atom. The number of alkyl halides is 3. The number of benzene rings is 1. The van der Waals surface area contributed by atoms with Gasteiger partial charge in [-0.2, -0.15) is 13.2 Å². The molecular weight excluding hydrogens is 343 g/mol. The van der Waals surface area contributed by atoms with Crippen molar-refractivity contribution in [3.8, 4) is 0 Å². The Labute approximate surface area is 150 Å². The summed E-state index contributed by atoms with van der Waals surface area (Å²) in [4.78, 5) is 18.4. The van der Waals surface area contributed by atoms with Crippen LogP contribution >= 0.6 is 0 Å². The molecule has 26 heavy (non-hydrogen) atoms. The molecule has 0 spiro atoms. The van der Waals surface area contributed by atoms with Crippen LogP contribution in [0.4, 0.5) is 24.5 Å². The van der Waals surface area contributed by atoms with Crippen molar-refractivity contribution in [1.82, 2.24) is 4.98 Å². The smallest absolute Gasteiger partial charge is 0.367 e. The van der Waals surface area contributed by atoms with E-state index < -0.39 is 17.6 Å². The number of nitrogens with one attached hydrogen (secondary N) is 1. The SMILES string of the molecule is CC1CCCCN1c1ccc(C(F)(F)F)cc1NC(=O)c1ccncc1. The summed E-state index contributed by atoms with van der Waals surface area (Å²) in [6.45, 7) is 2.80. The van der Waals surface area contributed by atoms with Crippen LogP contribution in [0, 0.1) is 0 Å². The van der Waals surface area contributed by atoms with E-state index in [2.05, 4.69) is 15.2 Å². The number of piperidine rings is 1. The van der Waals surface area contributed by atoms with Crippen molar-refractivity contribution >= 4 is 17.3 Å². The van der Waals surface area contributed by atoms with Crippen LogP contribution in [0.25, 0.3) is 0 Å². The third kappa shape index (κ3) is 3.98. The molecule has 3 rings (SSSR count). The molecule has 1 amide bonds. The molecule has 1 aliphatic rings. The van der Waals surface area contributed by atoms with Crippen molar-refractivity contribution in [3.05, 3.63) is 53.9 Å². The zero-order chi connectivity index (χ0) is 18.7. The maximum atomic E-state index is 13.1. The minimum Gasteiger partial charge on any atom is -0.367 e. The fourth-order valence-corrected chi connectivity index (χ4v) is 3.22. The molecule has 1 unspecified atom stereocenters. The van der Waals surface area contributed by atoms with Crippen LogP contribution in [0.5, 0.6) is 0 Å². The lowest BCUT2D eigenvalue weighted by Gasteiger charge is -2.36. The molecule has 1 aromatic carbocycles. The first-order valence-electron chi connectivity index (χ1n) is 8.55. The van der Waals surface area contributed by atoms with Gasteiger partial charge in [0, 0.05) is 30.5 Å². The molecule has 0 saturated carbocycles. The lowest BCUT2D eigenvalue weighted by atomic mass is 10.0. The van der Waals surface area contributed by atoms with Crippen molar-refractivity contribution < 1.29 is 18.0 Å². The highest BCUT2D eigenvalue weighted by molar-refractivity contribution is 6.06. The van der Waals surface area contributed by atoms with E-state index in [0.29, 0.717) is 11.3 Å². The molecule has 1 saturated heterocycles. The first-order valence-corrected chi connectivity index (χ1v) is 8.55. The van der Waals surface area contributed by atoms with Gasteiger partial charge in [0.2, 0.25) is 0 Å². The van der Waals surface area contributed by atoms with Gasteiger partial charge in [0.05, 0.1) is 16.9 Å². The lowest BCUT2D eigenvalue weighted by Crippen LogP contribution is -2.38. The first kappa shape index (κ1) is 18.2. The van der Waals surface area contributed by atoms with E-state index in [4.69, 9.17) is 0 Å². The van der Waals surface area contributed by atoms with Crippen molar-refractivity contribution in [1.29, 1.82) is 0 Å². The predicted octanol–water partition coefficient (Wildman–Crippen LogP) is 4.73. The molecule has 0 aliphatic carbocycles. The van der Waals surface area contributed by atoms with Crippen molar-refractivity contribution in [2.45, 2.75) is 38.4 Å². The Balaban J connectivity index is 1.97. The number of nitrogens with zero attached hydrogens (tertiary/aromatic N) is 2. The number of anilines is 2. The van der Waals surface area contributed by atoms with E-state index in [1.165, 1.54) is 30.6 Å². The molecular formula is C19H20F3N3O. The van der Waals surface area contributed by atoms with Gasteiger partial charge in [0.1, 0.15) is 0 Å². The summed E-state index contributed by atoms with van der Waals surface area (Å²) in [5.74, 6) is -0.461. The Kier molecular flexibility index (Phi) is 5.15. The number of pyridine rings is 1. The number of hydrogen-bond donors (Lipinski definition) is 1. The second kappa shape index (κ2) is 7.35. The number of halogens is 3.